The molecule has 0 unspecified atom stereocenters. The molecule has 0 atom stereocenters. The second kappa shape index (κ2) is 8.51. The molecule has 1 aliphatic carbocycles. The Morgan fingerprint density at radius 1 is 1.21 bits per heavy atom. The topological polar surface area (TPSA) is 75.3 Å². The molecule has 0 radical (unpaired) electrons. The predicted octanol–water partition coefficient (Wildman–Crippen LogP) is 3.60. The van der Waals surface area contributed by atoms with Crippen LogP contribution in [0.3, 0.4) is 0 Å². The molecule has 1 aliphatic rings. The van der Waals surface area contributed by atoms with Crippen LogP contribution >= 0.6 is 0 Å². The number of carbonyl (C=O) groups excluding carboxylic acids is 1. The number of rotatable bonds is 7. The van der Waals surface area contributed by atoms with E-state index >= 15 is 0 Å². The number of carbonyl (C=O) groups is 1. The van der Waals surface area contributed by atoms with E-state index in [1.165, 1.54) is 6.42 Å². The van der Waals surface area contributed by atoms with E-state index in [4.69, 9.17) is 0 Å². The molecule has 0 bridgehead atoms. The number of hydrogen-bond donors (Lipinski definition) is 2. The van der Waals surface area contributed by atoms with Gasteiger partial charge in [-0.05, 0) is 43.9 Å². The van der Waals surface area contributed by atoms with Crippen molar-refractivity contribution in [3.63, 3.8) is 0 Å². The Labute approximate surface area is 145 Å². The van der Waals surface area contributed by atoms with Gasteiger partial charge in [0.05, 0.1) is 17.0 Å². The molecular formula is C18H28N2O3S. The minimum absolute atomic E-state index is 0.0706. The first-order chi connectivity index (χ1) is 11.4. The first-order valence-electron chi connectivity index (χ1n) is 8.83. The van der Waals surface area contributed by atoms with Crippen LogP contribution in [0.25, 0.3) is 0 Å². The van der Waals surface area contributed by atoms with Crippen LogP contribution in [0.15, 0.2) is 18.2 Å². The molecular weight excluding hydrogens is 324 g/mol. The quantitative estimate of drug-likeness (QED) is 0.787. The van der Waals surface area contributed by atoms with E-state index in [0.29, 0.717) is 17.7 Å². The summed E-state index contributed by atoms with van der Waals surface area (Å²) in [6.45, 7) is 3.83. The average Bonchev–Trinajstić information content (AvgIpc) is 2.53. The Hall–Kier alpha value is -1.56. The van der Waals surface area contributed by atoms with Crippen molar-refractivity contribution in [2.45, 2.75) is 64.8 Å². The van der Waals surface area contributed by atoms with E-state index in [-0.39, 0.29) is 17.7 Å². The van der Waals surface area contributed by atoms with Crippen molar-refractivity contribution in [3.8, 4) is 0 Å². The van der Waals surface area contributed by atoms with Crippen LogP contribution in [0, 0.1) is 6.92 Å². The number of sulfonamides is 1. The van der Waals surface area contributed by atoms with E-state index in [2.05, 4.69) is 10.0 Å². The SMILES string of the molecule is CCCCS(=O)(=O)Nc1cc(C)ccc1C(=O)NC1CCCCC1. The minimum Gasteiger partial charge on any atom is -0.349 e. The van der Waals surface area contributed by atoms with Crippen molar-refractivity contribution in [1.82, 2.24) is 5.32 Å². The molecule has 134 valence electrons. The summed E-state index contributed by atoms with van der Waals surface area (Å²) in [6, 6.07) is 5.45. The molecule has 1 aromatic rings. The van der Waals surface area contributed by atoms with Gasteiger partial charge < -0.3 is 5.32 Å². The third kappa shape index (κ3) is 5.51. The fourth-order valence-electron chi connectivity index (χ4n) is 3.00. The van der Waals surface area contributed by atoms with Gasteiger partial charge in [-0.2, -0.15) is 0 Å². The summed E-state index contributed by atoms with van der Waals surface area (Å²) in [5.74, 6) is -0.128. The summed E-state index contributed by atoms with van der Waals surface area (Å²) in [5, 5.41) is 3.05. The second-order valence-electron chi connectivity index (χ2n) is 6.63. The van der Waals surface area contributed by atoms with Crippen molar-refractivity contribution in [1.29, 1.82) is 0 Å². The molecule has 0 heterocycles. The monoisotopic (exact) mass is 352 g/mol. The summed E-state index contributed by atoms with van der Waals surface area (Å²) in [6.07, 6.45) is 6.89. The van der Waals surface area contributed by atoms with Gasteiger partial charge in [0, 0.05) is 6.04 Å². The maximum absolute atomic E-state index is 12.6. The summed E-state index contributed by atoms with van der Waals surface area (Å²) in [4.78, 5) is 12.6. The van der Waals surface area contributed by atoms with Crippen LogP contribution < -0.4 is 10.0 Å². The van der Waals surface area contributed by atoms with Gasteiger partial charge in [0.2, 0.25) is 10.0 Å². The Balaban J connectivity index is 2.15. The normalized spacial score (nSPS) is 15.9. The lowest BCUT2D eigenvalue weighted by Gasteiger charge is -2.23. The maximum atomic E-state index is 12.6. The summed E-state index contributed by atoms with van der Waals surface area (Å²) in [7, 11) is -3.43. The van der Waals surface area contributed by atoms with E-state index < -0.39 is 10.0 Å². The van der Waals surface area contributed by atoms with Crippen molar-refractivity contribution < 1.29 is 13.2 Å². The fourth-order valence-corrected chi connectivity index (χ4v) is 4.28. The van der Waals surface area contributed by atoms with Crippen LogP contribution in [0.5, 0.6) is 0 Å². The summed E-state index contributed by atoms with van der Waals surface area (Å²) >= 11 is 0. The van der Waals surface area contributed by atoms with Crippen LogP contribution in [0.2, 0.25) is 0 Å². The number of anilines is 1. The standard InChI is InChI=1S/C18H28N2O3S/c1-3-4-12-24(22,23)20-17-13-14(2)10-11-16(17)18(21)19-15-8-6-5-7-9-15/h10-11,13,15,20H,3-9,12H2,1-2H3,(H,19,21). The van der Waals surface area contributed by atoms with E-state index in [0.717, 1.165) is 37.7 Å². The van der Waals surface area contributed by atoms with Gasteiger partial charge in [-0.3, -0.25) is 9.52 Å². The number of aryl methyl sites for hydroxylation is 1. The second-order valence-corrected chi connectivity index (χ2v) is 8.47. The molecule has 0 spiro atoms. The molecule has 1 fully saturated rings. The maximum Gasteiger partial charge on any atom is 0.253 e. The highest BCUT2D eigenvalue weighted by Gasteiger charge is 2.20. The van der Waals surface area contributed by atoms with Gasteiger partial charge in [-0.15, -0.1) is 0 Å². The van der Waals surface area contributed by atoms with E-state index in [1.807, 2.05) is 19.9 Å². The number of benzene rings is 1. The molecule has 0 aliphatic heterocycles. The van der Waals surface area contributed by atoms with Gasteiger partial charge in [-0.25, -0.2) is 8.42 Å². The van der Waals surface area contributed by atoms with Crippen LogP contribution in [-0.4, -0.2) is 26.1 Å². The summed E-state index contributed by atoms with van der Waals surface area (Å²) < 4.78 is 27.0. The number of amides is 1. The molecule has 1 saturated carbocycles. The first kappa shape index (κ1) is 18.8. The number of nitrogens with one attached hydrogen (secondary N) is 2. The van der Waals surface area contributed by atoms with E-state index in [1.54, 1.807) is 12.1 Å². The molecule has 1 amide bonds. The zero-order valence-electron chi connectivity index (χ0n) is 14.6. The molecule has 0 saturated heterocycles. The summed E-state index contributed by atoms with van der Waals surface area (Å²) in [5.41, 5.74) is 1.68. The Morgan fingerprint density at radius 2 is 1.92 bits per heavy atom. The average molecular weight is 353 g/mol. The van der Waals surface area contributed by atoms with Crippen molar-refractivity contribution >= 4 is 21.6 Å². The Bertz CT molecular complexity index is 665. The van der Waals surface area contributed by atoms with Crippen molar-refractivity contribution in [3.05, 3.63) is 29.3 Å². The molecule has 0 aromatic heterocycles. The third-order valence-corrected chi connectivity index (χ3v) is 5.75. The van der Waals surface area contributed by atoms with Crippen molar-refractivity contribution in [2.24, 2.45) is 0 Å². The smallest absolute Gasteiger partial charge is 0.253 e. The number of hydrogen-bond acceptors (Lipinski definition) is 3. The van der Waals surface area contributed by atoms with Gasteiger partial charge in [0.1, 0.15) is 0 Å². The molecule has 2 rings (SSSR count). The lowest BCUT2D eigenvalue weighted by atomic mass is 9.95. The molecule has 5 nitrogen and oxygen atoms in total. The molecule has 2 N–H and O–H groups in total. The van der Waals surface area contributed by atoms with Gasteiger partial charge in [0.15, 0.2) is 0 Å². The van der Waals surface area contributed by atoms with Crippen LogP contribution in [0.1, 0.15) is 67.8 Å². The van der Waals surface area contributed by atoms with E-state index in [9.17, 15) is 13.2 Å². The first-order valence-corrected chi connectivity index (χ1v) is 10.5. The highest BCUT2D eigenvalue weighted by atomic mass is 32.2. The van der Waals surface area contributed by atoms with Gasteiger partial charge >= 0.3 is 0 Å². The minimum atomic E-state index is -3.43. The highest BCUT2D eigenvalue weighted by molar-refractivity contribution is 7.92. The van der Waals surface area contributed by atoms with Crippen LogP contribution in [-0.2, 0) is 10.0 Å². The molecule has 1 aromatic carbocycles. The fraction of sp³-hybridized carbons (Fsp3) is 0.611. The van der Waals surface area contributed by atoms with Crippen molar-refractivity contribution in [2.75, 3.05) is 10.5 Å². The lowest BCUT2D eigenvalue weighted by Crippen LogP contribution is -2.36. The van der Waals surface area contributed by atoms with Gasteiger partial charge in [0.25, 0.3) is 5.91 Å². The number of unbranched alkanes of at least 4 members (excludes halogenated alkanes) is 1. The highest BCUT2D eigenvalue weighted by Crippen LogP contribution is 2.22. The largest absolute Gasteiger partial charge is 0.349 e. The Morgan fingerprint density at radius 3 is 2.58 bits per heavy atom. The molecule has 6 heteroatoms. The Kier molecular flexibility index (Phi) is 6.66. The lowest BCUT2D eigenvalue weighted by molar-refractivity contribution is 0.0928. The third-order valence-electron chi connectivity index (χ3n) is 4.39. The van der Waals surface area contributed by atoms with Gasteiger partial charge in [-0.1, -0.05) is 38.7 Å². The molecule has 24 heavy (non-hydrogen) atoms. The van der Waals surface area contributed by atoms with Crippen LogP contribution in [0.4, 0.5) is 5.69 Å². The zero-order chi connectivity index (χ0) is 17.6. The zero-order valence-corrected chi connectivity index (χ0v) is 15.4. The predicted molar refractivity (Wildman–Crippen MR) is 97.8 cm³/mol.